The van der Waals surface area contributed by atoms with E-state index >= 15 is 0 Å². The number of likely N-dealkylation sites (N-methyl/N-ethyl adjacent to an activating group) is 1. The van der Waals surface area contributed by atoms with Gasteiger partial charge in [0.1, 0.15) is 6.54 Å². The zero-order valence-electron chi connectivity index (χ0n) is 11.0. The molecule has 0 saturated heterocycles. The van der Waals surface area contributed by atoms with E-state index < -0.39 is 5.97 Å². The Morgan fingerprint density at radius 3 is 2.53 bits per heavy atom. The van der Waals surface area contributed by atoms with E-state index in [1.165, 1.54) is 17.7 Å². The van der Waals surface area contributed by atoms with Crippen molar-refractivity contribution in [2.45, 2.75) is 46.0 Å². The van der Waals surface area contributed by atoms with Gasteiger partial charge in [-0.15, -0.1) is 0 Å². The molecule has 98 valence electrons. The Bertz CT molecular complexity index is 299. The second kappa shape index (κ2) is 5.52. The Labute approximate surface area is 103 Å². The first-order valence-electron chi connectivity index (χ1n) is 6.28. The number of nitrogens with zero attached hydrogens (tertiary/aromatic N) is 1. The maximum absolute atomic E-state index is 11.9. The Hall–Kier alpha value is -1.06. The van der Waals surface area contributed by atoms with Crippen LogP contribution in [0.2, 0.25) is 0 Å². The average Bonchev–Trinajstić information content (AvgIpc) is 2.19. The van der Waals surface area contributed by atoms with Crippen molar-refractivity contribution >= 4 is 11.9 Å². The van der Waals surface area contributed by atoms with E-state index in [4.69, 9.17) is 5.11 Å². The van der Waals surface area contributed by atoms with Crippen LogP contribution in [0.5, 0.6) is 0 Å². The Morgan fingerprint density at radius 2 is 2.00 bits per heavy atom. The molecule has 0 aromatic carbocycles. The highest BCUT2D eigenvalue weighted by Gasteiger charge is 2.34. The zero-order chi connectivity index (χ0) is 13.1. The fraction of sp³-hybridized carbons (Fsp3) is 0.846. The topological polar surface area (TPSA) is 57.6 Å². The van der Waals surface area contributed by atoms with Crippen LogP contribution in [-0.4, -0.2) is 35.5 Å². The summed E-state index contributed by atoms with van der Waals surface area (Å²) in [4.78, 5) is 23.7. The molecule has 1 unspecified atom stereocenters. The molecule has 1 amide bonds. The lowest BCUT2D eigenvalue weighted by Gasteiger charge is -2.38. The van der Waals surface area contributed by atoms with Gasteiger partial charge in [-0.3, -0.25) is 9.59 Å². The van der Waals surface area contributed by atoms with Gasteiger partial charge in [-0.1, -0.05) is 26.7 Å². The first-order valence-corrected chi connectivity index (χ1v) is 6.28. The number of carboxylic acid groups (broad SMARTS) is 1. The molecule has 1 fully saturated rings. The zero-order valence-corrected chi connectivity index (χ0v) is 11.0. The van der Waals surface area contributed by atoms with Crippen LogP contribution in [-0.2, 0) is 9.59 Å². The smallest absolute Gasteiger partial charge is 0.323 e. The Balaban J connectivity index is 2.52. The normalized spacial score (nSPS) is 23.1. The summed E-state index contributed by atoms with van der Waals surface area (Å²) in [6.45, 7) is 4.22. The molecule has 0 heterocycles. The first-order chi connectivity index (χ1) is 7.83. The minimum absolute atomic E-state index is 0.0487. The quantitative estimate of drug-likeness (QED) is 0.820. The van der Waals surface area contributed by atoms with Crippen LogP contribution in [0.4, 0.5) is 0 Å². The summed E-state index contributed by atoms with van der Waals surface area (Å²) in [6, 6.07) is 0. The number of carbonyl (C=O) groups excluding carboxylic acids is 1. The highest BCUT2D eigenvalue weighted by Crippen LogP contribution is 2.42. The molecule has 0 radical (unpaired) electrons. The average molecular weight is 241 g/mol. The number of carbonyl (C=O) groups is 2. The summed E-state index contributed by atoms with van der Waals surface area (Å²) in [6.07, 6.45) is 5.15. The summed E-state index contributed by atoms with van der Waals surface area (Å²) in [5.74, 6) is -0.615. The van der Waals surface area contributed by atoms with Gasteiger partial charge in [0.25, 0.3) is 0 Å². The largest absolute Gasteiger partial charge is 0.480 e. The van der Waals surface area contributed by atoms with E-state index in [0.717, 1.165) is 12.8 Å². The van der Waals surface area contributed by atoms with Crippen LogP contribution in [0.25, 0.3) is 0 Å². The van der Waals surface area contributed by atoms with Crippen molar-refractivity contribution < 1.29 is 14.7 Å². The van der Waals surface area contributed by atoms with Crippen molar-refractivity contribution in [2.24, 2.45) is 11.3 Å². The number of aliphatic carboxylic acids is 1. The molecule has 0 aromatic heterocycles. The number of hydrogen-bond acceptors (Lipinski definition) is 2. The van der Waals surface area contributed by atoms with E-state index in [1.54, 1.807) is 7.05 Å². The lowest BCUT2D eigenvalue weighted by Crippen LogP contribution is -2.37. The fourth-order valence-corrected chi connectivity index (χ4v) is 2.60. The summed E-state index contributed by atoms with van der Waals surface area (Å²) in [5, 5.41) is 8.65. The van der Waals surface area contributed by atoms with Gasteiger partial charge in [0.05, 0.1) is 0 Å². The summed E-state index contributed by atoms with van der Waals surface area (Å²) < 4.78 is 0. The third-order valence-electron chi connectivity index (χ3n) is 3.95. The molecule has 1 N–H and O–H groups in total. The highest BCUT2D eigenvalue weighted by molar-refractivity contribution is 5.81. The minimum Gasteiger partial charge on any atom is -0.480 e. The third kappa shape index (κ3) is 4.02. The highest BCUT2D eigenvalue weighted by atomic mass is 16.4. The Morgan fingerprint density at radius 1 is 1.35 bits per heavy atom. The molecule has 1 aliphatic rings. The predicted octanol–water partition coefficient (Wildman–Crippen LogP) is 2.14. The van der Waals surface area contributed by atoms with Crippen molar-refractivity contribution in [1.29, 1.82) is 0 Å². The maximum Gasteiger partial charge on any atom is 0.323 e. The van der Waals surface area contributed by atoms with Crippen LogP contribution in [0.1, 0.15) is 46.0 Å². The van der Waals surface area contributed by atoms with Gasteiger partial charge in [0.2, 0.25) is 5.91 Å². The molecular formula is C13H23NO3. The van der Waals surface area contributed by atoms with Crippen molar-refractivity contribution in [3.63, 3.8) is 0 Å². The van der Waals surface area contributed by atoms with Gasteiger partial charge in [-0.05, 0) is 24.2 Å². The summed E-state index contributed by atoms with van der Waals surface area (Å²) >= 11 is 0. The van der Waals surface area contributed by atoms with Crippen molar-refractivity contribution in [1.82, 2.24) is 4.90 Å². The molecule has 17 heavy (non-hydrogen) atoms. The second-order valence-corrected chi connectivity index (χ2v) is 5.78. The monoisotopic (exact) mass is 241 g/mol. The summed E-state index contributed by atoms with van der Waals surface area (Å²) in [5.41, 5.74) is 0.206. The minimum atomic E-state index is -0.955. The van der Waals surface area contributed by atoms with Gasteiger partial charge < -0.3 is 10.0 Å². The number of amides is 1. The first kappa shape index (κ1) is 14.0. The van der Waals surface area contributed by atoms with Crippen LogP contribution in [0, 0.1) is 11.3 Å². The van der Waals surface area contributed by atoms with Gasteiger partial charge in [-0.2, -0.15) is 0 Å². The van der Waals surface area contributed by atoms with Gasteiger partial charge in [-0.25, -0.2) is 0 Å². The molecule has 4 nitrogen and oxygen atoms in total. The molecule has 0 aliphatic heterocycles. The SMILES string of the molecule is CN(CC(=O)O)C(=O)CC1CCCCC1(C)C. The van der Waals surface area contributed by atoms with Gasteiger partial charge in [0, 0.05) is 13.5 Å². The molecule has 0 spiro atoms. The Kier molecular flexibility index (Phi) is 4.54. The second-order valence-electron chi connectivity index (χ2n) is 5.78. The van der Waals surface area contributed by atoms with Crippen molar-refractivity contribution in [2.75, 3.05) is 13.6 Å². The fourth-order valence-electron chi connectivity index (χ4n) is 2.60. The molecular weight excluding hydrogens is 218 g/mol. The van der Waals surface area contributed by atoms with Crippen LogP contribution >= 0.6 is 0 Å². The van der Waals surface area contributed by atoms with E-state index in [-0.39, 0.29) is 17.9 Å². The van der Waals surface area contributed by atoms with Crippen molar-refractivity contribution in [3.05, 3.63) is 0 Å². The third-order valence-corrected chi connectivity index (χ3v) is 3.95. The van der Waals surface area contributed by atoms with E-state index in [0.29, 0.717) is 12.3 Å². The molecule has 0 aromatic rings. The number of carboxylic acids is 1. The van der Waals surface area contributed by atoms with Gasteiger partial charge >= 0.3 is 5.97 Å². The lowest BCUT2D eigenvalue weighted by molar-refractivity contribution is -0.144. The standard InChI is InChI=1S/C13H23NO3/c1-13(2)7-5-4-6-10(13)8-11(15)14(3)9-12(16)17/h10H,4-9H2,1-3H3,(H,16,17). The molecule has 0 bridgehead atoms. The molecule has 1 rings (SSSR count). The van der Waals surface area contributed by atoms with Gasteiger partial charge in [0.15, 0.2) is 0 Å². The summed E-state index contributed by atoms with van der Waals surface area (Å²) in [7, 11) is 1.56. The van der Waals surface area contributed by atoms with Crippen molar-refractivity contribution in [3.8, 4) is 0 Å². The number of hydrogen-bond donors (Lipinski definition) is 1. The van der Waals surface area contributed by atoms with E-state index in [9.17, 15) is 9.59 Å². The van der Waals surface area contributed by atoms with Crippen LogP contribution in [0.15, 0.2) is 0 Å². The van der Waals surface area contributed by atoms with E-state index in [2.05, 4.69) is 13.8 Å². The maximum atomic E-state index is 11.9. The predicted molar refractivity (Wildman–Crippen MR) is 65.6 cm³/mol. The molecule has 1 saturated carbocycles. The molecule has 1 atom stereocenters. The molecule has 4 heteroatoms. The van der Waals surface area contributed by atoms with Crippen LogP contribution < -0.4 is 0 Å². The lowest BCUT2D eigenvalue weighted by atomic mass is 9.67. The van der Waals surface area contributed by atoms with Crippen LogP contribution in [0.3, 0.4) is 0 Å². The van der Waals surface area contributed by atoms with E-state index in [1.807, 2.05) is 0 Å². The molecule has 1 aliphatic carbocycles. The number of rotatable bonds is 4.